The van der Waals surface area contributed by atoms with Gasteiger partial charge in [0.05, 0.1) is 0 Å². The highest BCUT2D eigenvalue weighted by molar-refractivity contribution is 5.08. The molecule has 2 fully saturated rings. The maximum atomic E-state index is 3.67. The summed E-state index contributed by atoms with van der Waals surface area (Å²) < 4.78 is 0. The van der Waals surface area contributed by atoms with Crippen molar-refractivity contribution in [3.05, 3.63) is 12.2 Å². The number of rotatable bonds is 1. The normalized spacial score (nSPS) is 47.2. The van der Waals surface area contributed by atoms with Gasteiger partial charge in [-0.15, -0.1) is 0 Å². The van der Waals surface area contributed by atoms with Crippen molar-refractivity contribution < 1.29 is 0 Å². The Labute approximate surface area is 99.7 Å². The molecule has 0 aromatic carbocycles. The van der Waals surface area contributed by atoms with Crippen molar-refractivity contribution in [3.8, 4) is 0 Å². The molecule has 5 atom stereocenters. The smallest absolute Gasteiger partial charge is 0.0132 e. The van der Waals surface area contributed by atoms with Gasteiger partial charge in [-0.05, 0) is 56.4 Å². The van der Waals surface area contributed by atoms with Crippen LogP contribution in [0.15, 0.2) is 12.2 Å². The average molecular weight is 219 g/mol. The Kier molecular flexibility index (Phi) is 3.06. The molecular formula is C15H25N. The van der Waals surface area contributed by atoms with Crippen molar-refractivity contribution in [1.29, 1.82) is 0 Å². The molecule has 0 radical (unpaired) electrons. The van der Waals surface area contributed by atoms with Crippen molar-refractivity contribution in [2.24, 2.45) is 23.7 Å². The van der Waals surface area contributed by atoms with E-state index in [1.807, 2.05) is 0 Å². The standard InChI is InChI=1S/C15H25N/c1-16-15-13-7-3-2-5-11(13)9-10-12-6-4-8-14(12)15/h9-16H,2-8H2,1H3. The Morgan fingerprint density at radius 3 is 2.06 bits per heavy atom. The number of hydrogen-bond acceptors (Lipinski definition) is 1. The first-order valence-corrected chi connectivity index (χ1v) is 7.26. The van der Waals surface area contributed by atoms with Crippen LogP contribution >= 0.6 is 0 Å². The fraction of sp³-hybridized carbons (Fsp3) is 0.867. The van der Waals surface area contributed by atoms with Gasteiger partial charge in [-0.2, -0.15) is 0 Å². The Balaban J connectivity index is 1.87. The summed E-state index contributed by atoms with van der Waals surface area (Å²) in [5.74, 6) is 3.65. The fourth-order valence-electron chi connectivity index (χ4n) is 4.61. The van der Waals surface area contributed by atoms with E-state index in [0.717, 1.165) is 29.7 Å². The van der Waals surface area contributed by atoms with Crippen LogP contribution in [0.2, 0.25) is 0 Å². The van der Waals surface area contributed by atoms with Gasteiger partial charge < -0.3 is 5.32 Å². The van der Waals surface area contributed by atoms with Gasteiger partial charge in [0.2, 0.25) is 0 Å². The SMILES string of the molecule is CNC1C2CCCCC2C=CC2CCCC21. The molecule has 0 aromatic rings. The van der Waals surface area contributed by atoms with Crippen LogP contribution in [0.5, 0.6) is 0 Å². The molecule has 3 rings (SSSR count). The minimum Gasteiger partial charge on any atom is -0.316 e. The highest BCUT2D eigenvalue weighted by atomic mass is 14.9. The largest absolute Gasteiger partial charge is 0.316 e. The van der Waals surface area contributed by atoms with E-state index >= 15 is 0 Å². The molecule has 3 aliphatic rings. The Hall–Kier alpha value is -0.300. The van der Waals surface area contributed by atoms with E-state index in [1.54, 1.807) is 0 Å². The lowest BCUT2D eigenvalue weighted by Crippen LogP contribution is -2.43. The predicted octanol–water partition coefficient (Wildman–Crippen LogP) is 3.37. The van der Waals surface area contributed by atoms with E-state index in [1.165, 1.54) is 44.9 Å². The van der Waals surface area contributed by atoms with Crippen molar-refractivity contribution in [2.45, 2.75) is 51.0 Å². The van der Waals surface area contributed by atoms with Crippen LogP contribution in [0.25, 0.3) is 0 Å². The van der Waals surface area contributed by atoms with Crippen LogP contribution < -0.4 is 5.32 Å². The summed E-state index contributed by atoms with van der Waals surface area (Å²) in [5.41, 5.74) is 0. The first-order chi connectivity index (χ1) is 7.90. The third-order valence-corrected chi connectivity index (χ3v) is 5.36. The minimum absolute atomic E-state index is 0.799. The van der Waals surface area contributed by atoms with Crippen molar-refractivity contribution in [2.75, 3.05) is 7.05 Å². The molecule has 0 aliphatic heterocycles. The average Bonchev–Trinajstić information content (AvgIpc) is 2.72. The zero-order valence-electron chi connectivity index (χ0n) is 10.5. The summed E-state index contributed by atoms with van der Waals surface area (Å²) in [6.07, 6.45) is 15.4. The topological polar surface area (TPSA) is 12.0 Å². The number of allylic oxidation sites excluding steroid dienone is 2. The van der Waals surface area contributed by atoms with Gasteiger partial charge in [0, 0.05) is 6.04 Å². The number of fused-ring (bicyclic) bond motifs is 2. The quantitative estimate of drug-likeness (QED) is 0.667. The number of nitrogens with one attached hydrogen (secondary N) is 1. The van der Waals surface area contributed by atoms with Crippen LogP contribution in [-0.4, -0.2) is 13.1 Å². The van der Waals surface area contributed by atoms with Gasteiger partial charge in [-0.1, -0.05) is 31.4 Å². The maximum absolute atomic E-state index is 3.67. The second-order valence-corrected chi connectivity index (χ2v) is 6.07. The molecule has 1 N–H and O–H groups in total. The molecule has 90 valence electrons. The molecule has 0 aromatic heterocycles. The van der Waals surface area contributed by atoms with Crippen LogP contribution in [0.3, 0.4) is 0 Å². The zero-order valence-corrected chi connectivity index (χ0v) is 10.5. The molecule has 0 saturated heterocycles. The molecule has 5 unspecified atom stereocenters. The lowest BCUT2D eigenvalue weighted by atomic mass is 9.72. The van der Waals surface area contributed by atoms with E-state index < -0.39 is 0 Å². The monoisotopic (exact) mass is 219 g/mol. The molecule has 0 bridgehead atoms. The van der Waals surface area contributed by atoms with Gasteiger partial charge >= 0.3 is 0 Å². The van der Waals surface area contributed by atoms with Gasteiger partial charge in [-0.25, -0.2) is 0 Å². The minimum atomic E-state index is 0.799. The van der Waals surface area contributed by atoms with Crippen molar-refractivity contribution in [1.82, 2.24) is 5.32 Å². The second-order valence-electron chi connectivity index (χ2n) is 6.07. The van der Waals surface area contributed by atoms with Crippen LogP contribution in [0.1, 0.15) is 44.9 Å². The summed E-state index contributed by atoms with van der Waals surface area (Å²) in [6, 6.07) is 0.799. The third-order valence-electron chi connectivity index (χ3n) is 5.36. The van der Waals surface area contributed by atoms with Gasteiger partial charge in [0.1, 0.15) is 0 Å². The molecular weight excluding hydrogens is 194 g/mol. The van der Waals surface area contributed by atoms with Gasteiger partial charge in [-0.3, -0.25) is 0 Å². The molecule has 1 heteroatoms. The van der Waals surface area contributed by atoms with Gasteiger partial charge in [0.25, 0.3) is 0 Å². The molecule has 3 aliphatic carbocycles. The lowest BCUT2D eigenvalue weighted by molar-refractivity contribution is 0.171. The molecule has 0 amide bonds. The van der Waals surface area contributed by atoms with Crippen molar-refractivity contribution in [3.63, 3.8) is 0 Å². The van der Waals surface area contributed by atoms with E-state index in [-0.39, 0.29) is 0 Å². The van der Waals surface area contributed by atoms with E-state index in [0.29, 0.717) is 0 Å². The van der Waals surface area contributed by atoms with Crippen molar-refractivity contribution >= 4 is 0 Å². The highest BCUT2D eigenvalue weighted by Gasteiger charge is 2.41. The van der Waals surface area contributed by atoms with E-state index in [9.17, 15) is 0 Å². The van der Waals surface area contributed by atoms with Crippen LogP contribution in [0.4, 0.5) is 0 Å². The Morgan fingerprint density at radius 2 is 1.38 bits per heavy atom. The first-order valence-electron chi connectivity index (χ1n) is 7.26. The summed E-state index contributed by atoms with van der Waals surface area (Å²) in [5, 5.41) is 3.67. The Bertz CT molecular complexity index is 271. The van der Waals surface area contributed by atoms with E-state index in [2.05, 4.69) is 24.5 Å². The second kappa shape index (κ2) is 4.52. The summed E-state index contributed by atoms with van der Waals surface area (Å²) in [7, 11) is 2.19. The molecule has 0 spiro atoms. The molecule has 1 nitrogen and oxygen atoms in total. The molecule has 0 heterocycles. The fourth-order valence-corrected chi connectivity index (χ4v) is 4.61. The third kappa shape index (κ3) is 1.73. The predicted molar refractivity (Wildman–Crippen MR) is 68.3 cm³/mol. The van der Waals surface area contributed by atoms with Gasteiger partial charge in [0.15, 0.2) is 0 Å². The molecule has 16 heavy (non-hydrogen) atoms. The van der Waals surface area contributed by atoms with Crippen LogP contribution in [0, 0.1) is 23.7 Å². The summed E-state index contributed by atoms with van der Waals surface area (Å²) >= 11 is 0. The maximum Gasteiger partial charge on any atom is 0.0132 e. The summed E-state index contributed by atoms with van der Waals surface area (Å²) in [4.78, 5) is 0. The zero-order chi connectivity index (χ0) is 11.0. The highest BCUT2D eigenvalue weighted by Crippen LogP contribution is 2.45. The first kappa shape index (κ1) is 10.8. The number of hydrogen-bond donors (Lipinski definition) is 1. The van der Waals surface area contributed by atoms with Crippen LogP contribution in [-0.2, 0) is 0 Å². The summed E-state index contributed by atoms with van der Waals surface area (Å²) in [6.45, 7) is 0. The lowest BCUT2D eigenvalue weighted by Gasteiger charge is -2.38. The Morgan fingerprint density at radius 1 is 0.812 bits per heavy atom. The molecule has 2 saturated carbocycles. The van der Waals surface area contributed by atoms with E-state index in [4.69, 9.17) is 0 Å².